The Labute approximate surface area is 269 Å². The van der Waals surface area contributed by atoms with Crippen molar-refractivity contribution in [3.63, 3.8) is 0 Å². The predicted octanol–water partition coefficient (Wildman–Crippen LogP) is 3.53. The number of aryl methyl sites for hydroxylation is 1. The molecule has 4 N–H and O–H groups in total. The summed E-state index contributed by atoms with van der Waals surface area (Å²) in [4.78, 5) is 50.6. The molecule has 0 aromatic heterocycles. The van der Waals surface area contributed by atoms with Crippen LogP contribution in [0.1, 0.15) is 76.7 Å². The van der Waals surface area contributed by atoms with E-state index in [2.05, 4.69) is 10.2 Å². The van der Waals surface area contributed by atoms with Crippen LogP contribution in [0.2, 0.25) is 0 Å². The molecule has 1 amide bonds. The Hall–Kier alpha value is -3.00. The number of benzene rings is 1. The lowest BCUT2D eigenvalue weighted by Gasteiger charge is -2.23. The van der Waals surface area contributed by atoms with Gasteiger partial charge in [-0.25, -0.2) is 4.79 Å². The van der Waals surface area contributed by atoms with Gasteiger partial charge in [-0.1, -0.05) is 54.2 Å². The molecule has 6 atom stereocenters. The first-order valence-electron chi connectivity index (χ1n) is 15.7. The molecule has 2 rings (SSSR count). The van der Waals surface area contributed by atoms with Crippen LogP contribution in [0.25, 0.3) is 0 Å². The number of allylic oxidation sites excluding steroid dienone is 2. The summed E-state index contributed by atoms with van der Waals surface area (Å²) in [6.07, 6.45) is 8.10. The van der Waals surface area contributed by atoms with Gasteiger partial charge in [0.1, 0.15) is 6.04 Å². The summed E-state index contributed by atoms with van der Waals surface area (Å²) in [5, 5.41) is 43.2. The average Bonchev–Trinajstić information content (AvgIpc) is 3.27. The van der Waals surface area contributed by atoms with Crippen molar-refractivity contribution in [1.82, 2.24) is 5.32 Å². The van der Waals surface area contributed by atoms with E-state index in [1.54, 1.807) is 0 Å². The highest BCUT2D eigenvalue weighted by Gasteiger charge is 2.40. The lowest BCUT2D eigenvalue weighted by Crippen LogP contribution is -2.43. The van der Waals surface area contributed by atoms with E-state index < -0.39 is 41.3 Å². The number of aliphatic hydroxyl groups is 3. The topological polar surface area (TPSA) is 186 Å². The molecule has 252 valence electrons. The Morgan fingerprint density at radius 3 is 2.49 bits per heavy atom. The van der Waals surface area contributed by atoms with Crippen LogP contribution < -0.4 is 5.32 Å². The lowest BCUT2D eigenvalue weighted by atomic mass is 9.85. The minimum atomic E-state index is -0.988. The molecule has 45 heavy (non-hydrogen) atoms. The lowest BCUT2D eigenvalue weighted by molar-refractivity contribution is -0.757. The highest BCUT2D eigenvalue weighted by Crippen LogP contribution is 2.38. The standard InChI is InChI=1S/C32H48N2O10S/c1-23(35)33-28(32(40)43-19-9-10-20-44-34(41)42)22-45-31(39)14-8-3-2-7-13-26-27(30(38)21-29(26)37)18-17-25(36)16-15-24-11-5-4-6-12-24/h2,4-7,11-12,25-30,36-38H,3,8-10,13-22H2,1H3,(H,33,35)/b7-2-/t25-,26+,27+,28?,29-,30+/m0/s1. The second-order valence-electron chi connectivity index (χ2n) is 11.4. The highest BCUT2D eigenvalue weighted by atomic mass is 32.2. The minimum Gasteiger partial charge on any atom is -0.464 e. The van der Waals surface area contributed by atoms with Crippen molar-refractivity contribution in [3.8, 4) is 0 Å². The molecule has 0 radical (unpaired) electrons. The number of hydrogen-bond donors (Lipinski definition) is 4. The average molecular weight is 653 g/mol. The van der Waals surface area contributed by atoms with Crippen LogP contribution in [0.4, 0.5) is 0 Å². The molecule has 1 aromatic carbocycles. The maximum absolute atomic E-state index is 12.4. The summed E-state index contributed by atoms with van der Waals surface area (Å²) in [7, 11) is 0. The first-order chi connectivity index (χ1) is 21.6. The second-order valence-corrected chi connectivity index (χ2v) is 12.5. The Morgan fingerprint density at radius 2 is 1.78 bits per heavy atom. The van der Waals surface area contributed by atoms with Crippen molar-refractivity contribution in [2.45, 2.75) is 102 Å². The van der Waals surface area contributed by atoms with Crippen LogP contribution in [-0.2, 0) is 30.4 Å². The summed E-state index contributed by atoms with van der Waals surface area (Å²) >= 11 is 0.945. The molecule has 0 heterocycles. The van der Waals surface area contributed by atoms with Crippen LogP contribution in [0.3, 0.4) is 0 Å². The van der Waals surface area contributed by atoms with E-state index in [4.69, 9.17) is 4.74 Å². The van der Waals surface area contributed by atoms with Gasteiger partial charge in [0.25, 0.3) is 5.09 Å². The number of nitrogens with one attached hydrogen (secondary N) is 1. The molecule has 1 aliphatic carbocycles. The Bertz CT molecular complexity index is 1070. The molecule has 0 spiro atoms. The molecule has 1 saturated carbocycles. The number of rotatable bonds is 22. The molecule has 1 fully saturated rings. The third kappa shape index (κ3) is 16.2. The molecule has 12 nitrogen and oxygen atoms in total. The molecule has 1 aromatic rings. The number of amides is 1. The monoisotopic (exact) mass is 652 g/mol. The van der Waals surface area contributed by atoms with Crippen molar-refractivity contribution in [3.05, 3.63) is 58.2 Å². The smallest absolute Gasteiger partial charge is 0.329 e. The second kappa shape index (κ2) is 21.7. The van der Waals surface area contributed by atoms with Gasteiger partial charge in [-0.15, -0.1) is 10.1 Å². The van der Waals surface area contributed by atoms with Crippen molar-refractivity contribution < 1.29 is 44.4 Å². The van der Waals surface area contributed by atoms with Gasteiger partial charge in [-0.05, 0) is 81.6 Å². The SMILES string of the molecule is CC(=O)NC(CSC(=O)CCC/C=C\C[C@@H]1[C@@H](CC[C@@H](O)CCc2ccccc2)[C@H](O)C[C@@H]1O)C(=O)OCCCCO[N+](=O)[O-]. The number of ether oxygens (including phenoxy) is 1. The number of nitrogens with zero attached hydrogens (tertiary/aromatic N) is 1. The summed E-state index contributed by atoms with van der Waals surface area (Å²) in [5.41, 5.74) is 1.18. The first kappa shape index (κ1) is 38.2. The number of unbranched alkanes of at least 4 members (excludes halogenated alkanes) is 2. The van der Waals surface area contributed by atoms with E-state index >= 15 is 0 Å². The first-order valence-corrected chi connectivity index (χ1v) is 16.6. The minimum absolute atomic E-state index is 0.00917. The zero-order valence-electron chi connectivity index (χ0n) is 26.0. The van der Waals surface area contributed by atoms with Crippen LogP contribution in [0.15, 0.2) is 42.5 Å². The number of hydrogen-bond acceptors (Lipinski definition) is 11. The summed E-state index contributed by atoms with van der Waals surface area (Å²) < 4.78 is 5.13. The summed E-state index contributed by atoms with van der Waals surface area (Å²) in [6, 6.07) is 9.02. The summed E-state index contributed by atoms with van der Waals surface area (Å²) in [6.45, 7) is 1.17. The largest absolute Gasteiger partial charge is 0.464 e. The molecular formula is C32H48N2O10S. The third-order valence-corrected chi connectivity index (χ3v) is 8.87. The van der Waals surface area contributed by atoms with Gasteiger partial charge in [0.15, 0.2) is 5.12 Å². The third-order valence-electron chi connectivity index (χ3n) is 7.84. The maximum Gasteiger partial charge on any atom is 0.329 e. The van der Waals surface area contributed by atoms with Gasteiger partial charge in [0.05, 0.1) is 31.5 Å². The highest BCUT2D eigenvalue weighted by molar-refractivity contribution is 8.13. The van der Waals surface area contributed by atoms with E-state index in [1.165, 1.54) is 12.5 Å². The maximum atomic E-state index is 12.4. The van der Waals surface area contributed by atoms with Crippen LogP contribution in [0.5, 0.6) is 0 Å². The van der Waals surface area contributed by atoms with Gasteiger partial charge in [0, 0.05) is 19.1 Å². The Kier molecular flexibility index (Phi) is 18.4. The Morgan fingerprint density at radius 1 is 1.07 bits per heavy atom. The molecule has 13 heteroatoms. The van der Waals surface area contributed by atoms with E-state index in [1.807, 2.05) is 42.5 Å². The molecule has 1 unspecified atom stereocenters. The van der Waals surface area contributed by atoms with Crippen molar-refractivity contribution in [1.29, 1.82) is 0 Å². The summed E-state index contributed by atoms with van der Waals surface area (Å²) in [5.74, 6) is -1.25. The van der Waals surface area contributed by atoms with Crippen molar-refractivity contribution in [2.75, 3.05) is 19.0 Å². The molecule has 0 bridgehead atoms. The van der Waals surface area contributed by atoms with Gasteiger partial charge < -0.3 is 30.2 Å². The number of esters is 1. The van der Waals surface area contributed by atoms with Gasteiger partial charge >= 0.3 is 5.97 Å². The quantitative estimate of drug-likeness (QED) is 0.0472. The van der Waals surface area contributed by atoms with E-state index in [0.717, 1.165) is 18.2 Å². The van der Waals surface area contributed by atoms with E-state index in [0.29, 0.717) is 57.8 Å². The van der Waals surface area contributed by atoms with Gasteiger partial charge in [-0.3, -0.25) is 9.59 Å². The van der Waals surface area contributed by atoms with Crippen LogP contribution in [-0.4, -0.2) is 80.7 Å². The fraction of sp³-hybridized carbons (Fsp3) is 0.656. The number of carbonyl (C=O) groups is 3. The number of carbonyl (C=O) groups excluding carboxylic acids is 3. The molecule has 0 aliphatic heterocycles. The van der Waals surface area contributed by atoms with Crippen LogP contribution in [0, 0.1) is 22.0 Å². The van der Waals surface area contributed by atoms with Crippen molar-refractivity contribution in [2.24, 2.45) is 11.8 Å². The fourth-order valence-electron chi connectivity index (χ4n) is 5.43. The zero-order chi connectivity index (χ0) is 33.0. The van der Waals surface area contributed by atoms with Crippen molar-refractivity contribution >= 4 is 28.8 Å². The van der Waals surface area contributed by atoms with Gasteiger partial charge in [0.2, 0.25) is 5.91 Å². The normalized spacial score (nSPS) is 20.9. The van der Waals surface area contributed by atoms with Crippen LogP contribution >= 0.6 is 11.8 Å². The van der Waals surface area contributed by atoms with E-state index in [-0.39, 0.29) is 42.3 Å². The number of thioether (sulfide) groups is 1. The Balaban J connectivity index is 1.66. The predicted molar refractivity (Wildman–Crippen MR) is 169 cm³/mol. The fourth-order valence-corrected chi connectivity index (χ4v) is 6.29. The number of aliphatic hydroxyl groups excluding tert-OH is 3. The van der Waals surface area contributed by atoms with Gasteiger partial charge in [-0.2, -0.15) is 0 Å². The molecule has 1 aliphatic rings. The van der Waals surface area contributed by atoms with E-state index in [9.17, 15) is 39.8 Å². The molecule has 0 saturated heterocycles. The molecular weight excluding hydrogens is 604 g/mol. The zero-order valence-corrected chi connectivity index (χ0v) is 26.8.